The topological polar surface area (TPSA) is 64.7 Å². The van der Waals surface area contributed by atoms with E-state index < -0.39 is 0 Å². The van der Waals surface area contributed by atoms with Crippen molar-refractivity contribution >= 4 is 28.7 Å². The van der Waals surface area contributed by atoms with E-state index in [0.29, 0.717) is 6.54 Å². The smallest absolute Gasteiger partial charge is 0.242 e. The molecule has 3 aromatic heterocycles. The van der Waals surface area contributed by atoms with Crippen molar-refractivity contribution in [2.24, 2.45) is 0 Å². The van der Waals surface area contributed by atoms with Crippen LogP contribution in [-0.2, 0) is 17.9 Å². The van der Waals surface area contributed by atoms with E-state index in [9.17, 15) is 4.79 Å². The molecule has 1 aromatic carbocycles. The molecule has 0 saturated heterocycles. The number of thioether (sulfide) groups is 1. The summed E-state index contributed by atoms with van der Waals surface area (Å²) in [5.41, 5.74) is 3.80. The summed E-state index contributed by atoms with van der Waals surface area (Å²) < 4.78 is 3.64. The molecular weight excluding hydrogens is 382 g/mol. The molecule has 6 nitrogen and oxygen atoms in total. The van der Waals surface area contributed by atoms with Gasteiger partial charge in [0.15, 0.2) is 11.5 Å². The Kier molecular flexibility index (Phi) is 5.40. The predicted octanol–water partition coefficient (Wildman–Crippen LogP) is 3.88. The van der Waals surface area contributed by atoms with Crippen LogP contribution < -0.4 is 5.32 Å². The molecule has 0 fully saturated rings. The van der Waals surface area contributed by atoms with Gasteiger partial charge >= 0.3 is 0 Å². The number of nitrogens with one attached hydrogen (secondary N) is 1. The van der Waals surface area contributed by atoms with Crippen molar-refractivity contribution in [1.29, 1.82) is 0 Å². The minimum Gasteiger partial charge on any atom is -0.350 e. The SMILES string of the molecule is CSc1ccc(CNC(=O)Cn2nc(-n3cccc3)c3c(C)cc(C)nc32)cc1. The van der Waals surface area contributed by atoms with Gasteiger partial charge in [0.25, 0.3) is 0 Å². The predicted molar refractivity (Wildman–Crippen MR) is 116 cm³/mol. The van der Waals surface area contributed by atoms with Crippen molar-refractivity contribution in [1.82, 2.24) is 24.6 Å². The van der Waals surface area contributed by atoms with Crippen molar-refractivity contribution in [3.8, 4) is 5.82 Å². The number of aromatic nitrogens is 4. The fourth-order valence-electron chi connectivity index (χ4n) is 3.39. The van der Waals surface area contributed by atoms with Crippen LogP contribution in [-0.4, -0.2) is 31.5 Å². The standard InChI is InChI=1S/C22H23N5OS/c1-15-12-16(2)24-21-20(15)22(26-10-4-5-11-26)25-27(21)14-19(28)23-13-17-6-8-18(29-3)9-7-17/h4-12H,13-14H2,1-3H3,(H,23,28). The molecule has 148 valence electrons. The van der Waals surface area contributed by atoms with E-state index >= 15 is 0 Å². The zero-order valence-corrected chi connectivity index (χ0v) is 17.5. The zero-order chi connectivity index (χ0) is 20.4. The molecule has 4 aromatic rings. The van der Waals surface area contributed by atoms with E-state index in [-0.39, 0.29) is 12.5 Å². The Morgan fingerprint density at radius 1 is 1.14 bits per heavy atom. The normalized spacial score (nSPS) is 11.1. The van der Waals surface area contributed by atoms with E-state index in [1.165, 1.54) is 4.90 Å². The van der Waals surface area contributed by atoms with Crippen LogP contribution in [0.25, 0.3) is 16.9 Å². The van der Waals surface area contributed by atoms with E-state index in [4.69, 9.17) is 5.10 Å². The number of carbonyl (C=O) groups is 1. The third-order valence-corrected chi connectivity index (χ3v) is 5.54. The summed E-state index contributed by atoms with van der Waals surface area (Å²) in [6.45, 7) is 4.62. The molecule has 1 N–H and O–H groups in total. The molecular formula is C22H23N5OS. The fraction of sp³-hybridized carbons (Fsp3) is 0.227. The van der Waals surface area contributed by atoms with Gasteiger partial charge in [0.2, 0.25) is 5.91 Å². The maximum absolute atomic E-state index is 12.6. The minimum atomic E-state index is -0.0941. The number of nitrogens with zero attached hydrogens (tertiary/aromatic N) is 4. The monoisotopic (exact) mass is 405 g/mol. The van der Waals surface area contributed by atoms with Gasteiger partial charge in [-0.15, -0.1) is 11.8 Å². The second kappa shape index (κ2) is 8.13. The van der Waals surface area contributed by atoms with Gasteiger partial charge in [0.05, 0.1) is 5.39 Å². The molecule has 7 heteroatoms. The third kappa shape index (κ3) is 4.05. The highest BCUT2D eigenvalue weighted by molar-refractivity contribution is 7.98. The van der Waals surface area contributed by atoms with Crippen LogP contribution >= 0.6 is 11.8 Å². The van der Waals surface area contributed by atoms with Gasteiger partial charge in [-0.05, 0) is 61.6 Å². The summed E-state index contributed by atoms with van der Waals surface area (Å²) in [5.74, 6) is 0.693. The van der Waals surface area contributed by atoms with Gasteiger partial charge in [-0.3, -0.25) is 4.79 Å². The number of amides is 1. The summed E-state index contributed by atoms with van der Waals surface area (Å²) in [4.78, 5) is 18.5. The van der Waals surface area contributed by atoms with E-state index in [0.717, 1.165) is 33.7 Å². The average Bonchev–Trinajstić information content (AvgIpc) is 3.35. The molecule has 0 spiro atoms. The van der Waals surface area contributed by atoms with Crippen LogP contribution in [0.3, 0.4) is 0 Å². The Morgan fingerprint density at radius 2 is 1.86 bits per heavy atom. The Balaban J connectivity index is 1.57. The summed E-state index contributed by atoms with van der Waals surface area (Å²) in [6, 6.07) is 14.1. The van der Waals surface area contributed by atoms with Crippen LogP contribution in [0.15, 0.2) is 59.8 Å². The second-order valence-electron chi connectivity index (χ2n) is 6.98. The van der Waals surface area contributed by atoms with E-state index in [2.05, 4.69) is 22.4 Å². The van der Waals surface area contributed by atoms with Crippen LogP contribution in [0, 0.1) is 13.8 Å². The van der Waals surface area contributed by atoms with Gasteiger partial charge in [-0.2, -0.15) is 5.10 Å². The highest BCUT2D eigenvalue weighted by Crippen LogP contribution is 2.25. The number of carbonyl (C=O) groups excluding carboxylic acids is 1. The zero-order valence-electron chi connectivity index (χ0n) is 16.7. The van der Waals surface area contributed by atoms with Crippen LogP contribution in [0.4, 0.5) is 0 Å². The third-order valence-electron chi connectivity index (χ3n) is 4.80. The maximum atomic E-state index is 12.6. The van der Waals surface area contributed by atoms with Crippen molar-refractivity contribution in [2.45, 2.75) is 31.8 Å². The minimum absolute atomic E-state index is 0.0941. The average molecular weight is 406 g/mol. The molecule has 0 aliphatic carbocycles. The van der Waals surface area contributed by atoms with Gasteiger partial charge in [-0.25, -0.2) is 9.67 Å². The van der Waals surface area contributed by atoms with Crippen LogP contribution in [0.1, 0.15) is 16.8 Å². The molecule has 0 saturated carbocycles. The molecule has 0 unspecified atom stereocenters. The number of aryl methyl sites for hydroxylation is 2. The van der Waals surface area contributed by atoms with Gasteiger partial charge in [-0.1, -0.05) is 12.1 Å². The van der Waals surface area contributed by atoms with Crippen molar-refractivity contribution in [2.75, 3.05) is 6.26 Å². The summed E-state index contributed by atoms with van der Waals surface area (Å²) in [5, 5.41) is 8.65. The quantitative estimate of drug-likeness (QED) is 0.495. The molecule has 4 rings (SSSR count). The summed E-state index contributed by atoms with van der Waals surface area (Å²) in [6.07, 6.45) is 5.94. The van der Waals surface area contributed by atoms with Crippen molar-refractivity contribution in [3.63, 3.8) is 0 Å². The van der Waals surface area contributed by atoms with Gasteiger partial charge in [0, 0.05) is 29.5 Å². The van der Waals surface area contributed by atoms with Crippen LogP contribution in [0.2, 0.25) is 0 Å². The fourth-order valence-corrected chi connectivity index (χ4v) is 3.80. The summed E-state index contributed by atoms with van der Waals surface area (Å²) in [7, 11) is 0. The number of hydrogen-bond acceptors (Lipinski definition) is 4. The van der Waals surface area contributed by atoms with Gasteiger partial charge in [0.1, 0.15) is 6.54 Å². The lowest BCUT2D eigenvalue weighted by molar-refractivity contribution is -0.121. The number of benzene rings is 1. The lowest BCUT2D eigenvalue weighted by atomic mass is 10.2. The Hall–Kier alpha value is -3.06. The molecule has 0 aliphatic heterocycles. The first kappa shape index (κ1) is 19.3. The molecule has 3 heterocycles. The molecule has 0 radical (unpaired) electrons. The lowest BCUT2D eigenvalue weighted by Gasteiger charge is -2.07. The molecule has 0 atom stereocenters. The van der Waals surface area contributed by atoms with Crippen LogP contribution in [0.5, 0.6) is 0 Å². The highest BCUT2D eigenvalue weighted by Gasteiger charge is 2.17. The number of hydrogen-bond donors (Lipinski definition) is 1. The maximum Gasteiger partial charge on any atom is 0.242 e. The van der Waals surface area contributed by atoms with Crippen molar-refractivity contribution < 1.29 is 4.79 Å². The number of rotatable bonds is 6. The first-order valence-corrected chi connectivity index (χ1v) is 10.7. The van der Waals surface area contributed by atoms with E-state index in [1.54, 1.807) is 16.4 Å². The Bertz CT molecular complexity index is 1150. The molecule has 0 bridgehead atoms. The first-order chi connectivity index (χ1) is 14.0. The van der Waals surface area contributed by atoms with E-state index in [1.807, 2.05) is 67.4 Å². The number of pyridine rings is 1. The first-order valence-electron chi connectivity index (χ1n) is 9.43. The molecule has 0 aliphatic rings. The Morgan fingerprint density at radius 3 is 2.55 bits per heavy atom. The van der Waals surface area contributed by atoms with Gasteiger partial charge < -0.3 is 9.88 Å². The molecule has 1 amide bonds. The van der Waals surface area contributed by atoms with Crippen molar-refractivity contribution in [3.05, 3.63) is 71.7 Å². The second-order valence-corrected chi connectivity index (χ2v) is 7.86. The molecule has 29 heavy (non-hydrogen) atoms. The number of fused-ring (bicyclic) bond motifs is 1. The summed E-state index contributed by atoms with van der Waals surface area (Å²) >= 11 is 1.70. The largest absolute Gasteiger partial charge is 0.350 e. The lowest BCUT2D eigenvalue weighted by Crippen LogP contribution is -2.27. The Labute approximate surface area is 173 Å². The highest BCUT2D eigenvalue weighted by atomic mass is 32.2.